The van der Waals surface area contributed by atoms with Gasteiger partial charge in [0.05, 0.1) is 5.92 Å². The summed E-state index contributed by atoms with van der Waals surface area (Å²) in [5, 5.41) is 2.96. The quantitative estimate of drug-likeness (QED) is 0.732. The van der Waals surface area contributed by atoms with E-state index in [0.717, 1.165) is 18.8 Å². The molecule has 1 aliphatic carbocycles. The van der Waals surface area contributed by atoms with Gasteiger partial charge in [0.2, 0.25) is 5.91 Å². The average molecular weight is 266 g/mol. The monoisotopic (exact) mass is 265 g/mol. The summed E-state index contributed by atoms with van der Waals surface area (Å²) in [7, 11) is 0. The number of hydrogen-bond acceptors (Lipinski definition) is 1. The molecule has 1 N–H and O–H groups in total. The Morgan fingerprint density at radius 2 is 1.94 bits per heavy atom. The van der Waals surface area contributed by atoms with Gasteiger partial charge in [0.15, 0.2) is 0 Å². The maximum Gasteiger partial charge on any atom is 0.226 e. The van der Waals surface area contributed by atoms with Gasteiger partial charge in [-0.2, -0.15) is 0 Å². The number of hydrogen-bond donors (Lipinski definition) is 1. The van der Waals surface area contributed by atoms with Crippen LogP contribution in [0.4, 0.5) is 0 Å². The highest BCUT2D eigenvalue weighted by molar-refractivity contribution is 6.52. The van der Waals surface area contributed by atoms with Gasteiger partial charge >= 0.3 is 0 Å². The van der Waals surface area contributed by atoms with E-state index in [9.17, 15) is 4.79 Å². The Balaban J connectivity index is 2.15. The van der Waals surface area contributed by atoms with E-state index < -0.39 is 4.33 Å². The Hall–Kier alpha value is 0.0500. The Labute approximate surface area is 108 Å². The molecule has 1 amide bonds. The normalized spacial score (nSPS) is 24.2. The molecule has 0 radical (unpaired) electrons. The van der Waals surface area contributed by atoms with E-state index in [1.54, 1.807) is 0 Å². The Kier molecular flexibility index (Phi) is 4.93. The lowest BCUT2D eigenvalue weighted by molar-refractivity contribution is -0.122. The predicted molar refractivity (Wildman–Crippen MR) is 68.8 cm³/mol. The van der Waals surface area contributed by atoms with Gasteiger partial charge < -0.3 is 5.32 Å². The highest BCUT2D eigenvalue weighted by Crippen LogP contribution is 2.53. The maximum atomic E-state index is 11.6. The van der Waals surface area contributed by atoms with E-state index in [2.05, 4.69) is 19.2 Å². The van der Waals surface area contributed by atoms with Crippen molar-refractivity contribution in [3.63, 3.8) is 0 Å². The fraction of sp³-hybridized carbons (Fsp3) is 0.917. The lowest BCUT2D eigenvalue weighted by Crippen LogP contribution is -2.34. The van der Waals surface area contributed by atoms with Crippen molar-refractivity contribution in [2.24, 2.45) is 11.8 Å². The van der Waals surface area contributed by atoms with Crippen molar-refractivity contribution in [3.8, 4) is 0 Å². The predicted octanol–water partition coefficient (Wildman–Crippen LogP) is 3.51. The van der Waals surface area contributed by atoms with Crippen molar-refractivity contribution in [3.05, 3.63) is 0 Å². The molecule has 2 unspecified atom stereocenters. The van der Waals surface area contributed by atoms with Crippen molar-refractivity contribution in [2.75, 3.05) is 0 Å². The average Bonchev–Trinajstić information content (AvgIpc) is 2.74. The number of carbonyl (C=O) groups is 1. The number of rotatable bonds is 6. The second kappa shape index (κ2) is 5.59. The molecule has 1 fully saturated rings. The fourth-order valence-corrected chi connectivity index (χ4v) is 2.25. The van der Waals surface area contributed by atoms with Crippen LogP contribution in [0.2, 0.25) is 0 Å². The molecule has 0 saturated heterocycles. The molecule has 0 bridgehead atoms. The molecule has 16 heavy (non-hydrogen) atoms. The maximum absolute atomic E-state index is 11.6. The first-order chi connectivity index (χ1) is 7.33. The van der Waals surface area contributed by atoms with E-state index >= 15 is 0 Å². The van der Waals surface area contributed by atoms with Crippen molar-refractivity contribution in [1.29, 1.82) is 0 Å². The Bertz CT molecular complexity index is 253. The van der Waals surface area contributed by atoms with Crippen LogP contribution < -0.4 is 5.32 Å². The first-order valence-electron chi connectivity index (χ1n) is 6.01. The lowest BCUT2D eigenvalue weighted by atomic mass is 10.0. The third-order valence-electron chi connectivity index (χ3n) is 2.95. The minimum absolute atomic E-state index is 0.00190. The summed E-state index contributed by atoms with van der Waals surface area (Å²) in [4.78, 5) is 11.6. The van der Waals surface area contributed by atoms with Gasteiger partial charge in [0.1, 0.15) is 4.33 Å². The zero-order valence-electron chi connectivity index (χ0n) is 10.2. The minimum atomic E-state index is -0.804. The molecule has 0 spiro atoms. The summed E-state index contributed by atoms with van der Waals surface area (Å²) in [6.07, 6.45) is 3.96. The summed E-state index contributed by atoms with van der Waals surface area (Å²) in [6, 6.07) is 0.219. The summed E-state index contributed by atoms with van der Waals surface area (Å²) < 4.78 is -0.804. The number of amides is 1. The summed E-state index contributed by atoms with van der Waals surface area (Å²) in [5.41, 5.74) is 0. The lowest BCUT2D eigenvalue weighted by Gasteiger charge is -2.14. The molecular formula is C12H21Cl2NO. The van der Waals surface area contributed by atoms with Crippen LogP contribution in [0.5, 0.6) is 0 Å². The van der Waals surface area contributed by atoms with Gasteiger partial charge in [-0.25, -0.2) is 0 Å². The van der Waals surface area contributed by atoms with Crippen molar-refractivity contribution < 1.29 is 4.79 Å². The SMILES string of the molecule is CC(C)CCCC(C)NC(=O)C1CC1(Cl)Cl. The first-order valence-corrected chi connectivity index (χ1v) is 6.76. The van der Waals surface area contributed by atoms with E-state index in [1.807, 2.05) is 6.92 Å². The molecule has 4 heteroatoms. The molecule has 94 valence electrons. The highest BCUT2D eigenvalue weighted by atomic mass is 35.5. The van der Waals surface area contributed by atoms with Crippen LogP contribution in [-0.4, -0.2) is 16.3 Å². The smallest absolute Gasteiger partial charge is 0.226 e. The third-order valence-corrected chi connectivity index (χ3v) is 3.79. The number of halogens is 2. The molecular weight excluding hydrogens is 245 g/mol. The molecule has 0 heterocycles. The van der Waals surface area contributed by atoms with E-state index in [-0.39, 0.29) is 17.9 Å². The van der Waals surface area contributed by atoms with Gasteiger partial charge in [-0.1, -0.05) is 26.7 Å². The zero-order chi connectivity index (χ0) is 12.3. The minimum Gasteiger partial charge on any atom is -0.353 e. The first kappa shape index (κ1) is 14.1. The highest BCUT2D eigenvalue weighted by Gasteiger charge is 2.56. The molecule has 2 atom stereocenters. The zero-order valence-corrected chi connectivity index (χ0v) is 11.7. The van der Waals surface area contributed by atoms with E-state index in [0.29, 0.717) is 6.42 Å². The molecule has 0 aromatic rings. The summed E-state index contributed by atoms with van der Waals surface area (Å²) in [5.74, 6) is 0.523. The van der Waals surface area contributed by atoms with Crippen LogP contribution in [0.1, 0.15) is 46.5 Å². The second-order valence-corrected chi connectivity index (χ2v) is 6.79. The molecule has 0 aromatic carbocycles. The van der Waals surface area contributed by atoms with Crippen LogP contribution in [0.3, 0.4) is 0 Å². The number of nitrogens with one attached hydrogen (secondary N) is 1. The van der Waals surface area contributed by atoms with Crippen LogP contribution in [0, 0.1) is 11.8 Å². The largest absolute Gasteiger partial charge is 0.353 e. The molecule has 2 nitrogen and oxygen atoms in total. The molecule has 0 aromatic heterocycles. The van der Waals surface area contributed by atoms with Crippen molar-refractivity contribution in [1.82, 2.24) is 5.32 Å². The van der Waals surface area contributed by atoms with Crippen molar-refractivity contribution in [2.45, 2.75) is 56.8 Å². The van der Waals surface area contributed by atoms with Crippen LogP contribution >= 0.6 is 23.2 Å². The molecule has 0 aliphatic heterocycles. The number of carbonyl (C=O) groups excluding carboxylic acids is 1. The van der Waals surface area contributed by atoms with Crippen molar-refractivity contribution >= 4 is 29.1 Å². The molecule has 1 rings (SSSR count). The molecule has 1 saturated carbocycles. The van der Waals surface area contributed by atoms with Gasteiger partial charge in [-0.15, -0.1) is 23.2 Å². The standard InChI is InChI=1S/C12H21Cl2NO/c1-8(2)5-4-6-9(3)15-11(16)10-7-12(10,13)14/h8-10H,4-7H2,1-3H3,(H,15,16). The number of alkyl halides is 2. The second-order valence-electron chi connectivity index (χ2n) is 5.25. The van der Waals surface area contributed by atoms with Gasteiger partial charge in [-0.3, -0.25) is 4.79 Å². The Morgan fingerprint density at radius 1 is 1.38 bits per heavy atom. The van der Waals surface area contributed by atoms with Gasteiger partial charge in [-0.05, 0) is 25.7 Å². The molecule has 1 aliphatic rings. The van der Waals surface area contributed by atoms with E-state index in [1.165, 1.54) is 6.42 Å². The summed E-state index contributed by atoms with van der Waals surface area (Å²) >= 11 is 11.7. The van der Waals surface area contributed by atoms with Crippen LogP contribution in [-0.2, 0) is 4.79 Å². The van der Waals surface area contributed by atoms with Gasteiger partial charge in [0, 0.05) is 6.04 Å². The third kappa shape index (κ3) is 4.50. The van der Waals surface area contributed by atoms with Crippen LogP contribution in [0.15, 0.2) is 0 Å². The summed E-state index contributed by atoms with van der Waals surface area (Å²) in [6.45, 7) is 6.45. The van der Waals surface area contributed by atoms with E-state index in [4.69, 9.17) is 23.2 Å². The van der Waals surface area contributed by atoms with Gasteiger partial charge in [0.25, 0.3) is 0 Å². The van der Waals surface area contributed by atoms with Crippen LogP contribution in [0.25, 0.3) is 0 Å². The fourth-order valence-electron chi connectivity index (χ4n) is 1.75. The Morgan fingerprint density at radius 3 is 2.38 bits per heavy atom. The topological polar surface area (TPSA) is 29.1 Å².